The fourth-order valence-corrected chi connectivity index (χ4v) is 0.545. The third kappa shape index (κ3) is 7.10. The van der Waals surface area contributed by atoms with E-state index in [0.29, 0.717) is 13.0 Å². The van der Waals surface area contributed by atoms with Crippen LogP contribution in [0, 0.1) is 6.92 Å². The first-order valence-electron chi connectivity index (χ1n) is 3.76. The lowest BCUT2D eigenvalue weighted by atomic mass is 10.2. The van der Waals surface area contributed by atoms with Gasteiger partial charge in [-0.1, -0.05) is 19.9 Å². The van der Waals surface area contributed by atoms with Crippen molar-refractivity contribution in [3.63, 3.8) is 0 Å². The van der Waals surface area contributed by atoms with Gasteiger partial charge >= 0.3 is 5.97 Å². The highest BCUT2D eigenvalue weighted by Crippen LogP contribution is 1.97. The van der Waals surface area contributed by atoms with Crippen LogP contribution in [-0.2, 0) is 9.53 Å². The maximum atomic E-state index is 10.8. The molecule has 0 heterocycles. The molecule has 0 aromatic carbocycles. The molecule has 0 rings (SSSR count). The van der Waals surface area contributed by atoms with Crippen molar-refractivity contribution in [3.05, 3.63) is 19.1 Å². The fraction of sp³-hybridized carbons (Fsp3) is 0.556. The molecule has 1 radical (unpaired) electrons. The van der Waals surface area contributed by atoms with Crippen molar-refractivity contribution in [1.29, 1.82) is 0 Å². The van der Waals surface area contributed by atoms with Crippen molar-refractivity contribution in [2.45, 2.75) is 26.2 Å². The highest BCUT2D eigenvalue weighted by atomic mass is 16.5. The molecule has 11 heavy (non-hydrogen) atoms. The number of esters is 1. The molecular formula is C9H15O2. The standard InChI is InChI=1S/C9H15O2/c1-4-5-6-9(10)11-7-8(2)3/h1-2,4-7H2,3H3. The molecule has 0 aromatic rings. The average molecular weight is 155 g/mol. The van der Waals surface area contributed by atoms with Crippen molar-refractivity contribution in [3.8, 4) is 0 Å². The highest BCUT2D eigenvalue weighted by molar-refractivity contribution is 5.69. The largest absolute Gasteiger partial charge is 0.461 e. The molecule has 0 bridgehead atoms. The van der Waals surface area contributed by atoms with Gasteiger partial charge in [0.15, 0.2) is 0 Å². The summed E-state index contributed by atoms with van der Waals surface area (Å²) in [7, 11) is 0. The fourth-order valence-electron chi connectivity index (χ4n) is 0.545. The second-order valence-electron chi connectivity index (χ2n) is 2.57. The average Bonchev–Trinajstić information content (AvgIpc) is 1.97. The van der Waals surface area contributed by atoms with Gasteiger partial charge < -0.3 is 4.74 Å². The van der Waals surface area contributed by atoms with E-state index in [1.807, 2.05) is 6.92 Å². The zero-order valence-corrected chi connectivity index (χ0v) is 7.06. The maximum Gasteiger partial charge on any atom is 0.306 e. The summed E-state index contributed by atoms with van der Waals surface area (Å²) in [5.41, 5.74) is 0.868. The first-order valence-corrected chi connectivity index (χ1v) is 3.76. The van der Waals surface area contributed by atoms with Crippen molar-refractivity contribution in [2.75, 3.05) is 6.61 Å². The van der Waals surface area contributed by atoms with E-state index in [2.05, 4.69) is 13.5 Å². The van der Waals surface area contributed by atoms with Gasteiger partial charge in [-0.15, -0.1) is 0 Å². The molecular weight excluding hydrogens is 140 g/mol. The normalized spacial score (nSPS) is 9.27. The van der Waals surface area contributed by atoms with Gasteiger partial charge in [0.05, 0.1) is 0 Å². The molecule has 0 aliphatic carbocycles. The number of carbonyl (C=O) groups excluding carboxylic acids is 1. The zero-order valence-electron chi connectivity index (χ0n) is 7.06. The van der Waals surface area contributed by atoms with E-state index in [0.717, 1.165) is 18.4 Å². The predicted octanol–water partition coefficient (Wildman–Crippen LogP) is 2.11. The van der Waals surface area contributed by atoms with Crippen LogP contribution in [0.1, 0.15) is 26.2 Å². The second-order valence-corrected chi connectivity index (χ2v) is 2.57. The van der Waals surface area contributed by atoms with E-state index in [4.69, 9.17) is 4.74 Å². The summed E-state index contributed by atoms with van der Waals surface area (Å²) in [6, 6.07) is 0. The SMILES string of the molecule is [CH2]CCCC(=O)OCC(=C)C. The molecule has 0 spiro atoms. The van der Waals surface area contributed by atoms with Crippen molar-refractivity contribution >= 4 is 5.97 Å². The molecule has 0 aliphatic heterocycles. The van der Waals surface area contributed by atoms with E-state index >= 15 is 0 Å². The van der Waals surface area contributed by atoms with Gasteiger partial charge in [0, 0.05) is 6.42 Å². The molecule has 63 valence electrons. The van der Waals surface area contributed by atoms with E-state index in [-0.39, 0.29) is 5.97 Å². The van der Waals surface area contributed by atoms with Crippen LogP contribution in [0.5, 0.6) is 0 Å². The van der Waals surface area contributed by atoms with Gasteiger partial charge in [-0.25, -0.2) is 0 Å². The molecule has 0 amide bonds. The van der Waals surface area contributed by atoms with Crippen molar-refractivity contribution in [2.24, 2.45) is 0 Å². The Kier molecular flexibility index (Phi) is 5.53. The lowest BCUT2D eigenvalue weighted by Gasteiger charge is -2.02. The molecule has 2 heteroatoms. The van der Waals surface area contributed by atoms with Crippen LogP contribution in [0.25, 0.3) is 0 Å². The minimum absolute atomic E-state index is 0.156. The quantitative estimate of drug-likeness (QED) is 0.449. The van der Waals surface area contributed by atoms with E-state index in [9.17, 15) is 4.79 Å². The number of unbranched alkanes of at least 4 members (excludes halogenated alkanes) is 1. The minimum Gasteiger partial charge on any atom is -0.461 e. The molecule has 0 saturated carbocycles. The van der Waals surface area contributed by atoms with Crippen LogP contribution in [0.15, 0.2) is 12.2 Å². The monoisotopic (exact) mass is 155 g/mol. The summed E-state index contributed by atoms with van der Waals surface area (Å²) in [4.78, 5) is 10.8. The van der Waals surface area contributed by atoms with Crippen molar-refractivity contribution in [1.82, 2.24) is 0 Å². The van der Waals surface area contributed by atoms with Crippen molar-refractivity contribution < 1.29 is 9.53 Å². The molecule has 0 N–H and O–H groups in total. The summed E-state index contributed by atoms with van der Waals surface area (Å²) >= 11 is 0. The summed E-state index contributed by atoms with van der Waals surface area (Å²) in [5.74, 6) is -0.156. The molecule has 0 unspecified atom stereocenters. The number of hydrogen-bond donors (Lipinski definition) is 0. The topological polar surface area (TPSA) is 26.3 Å². The molecule has 0 atom stereocenters. The Morgan fingerprint density at radius 1 is 1.55 bits per heavy atom. The Morgan fingerprint density at radius 3 is 2.64 bits per heavy atom. The first-order chi connectivity index (χ1) is 5.16. The Balaban J connectivity index is 3.30. The number of ether oxygens (including phenoxy) is 1. The van der Waals surface area contributed by atoms with Crippen LogP contribution in [0.2, 0.25) is 0 Å². The van der Waals surface area contributed by atoms with Crippen LogP contribution in [-0.4, -0.2) is 12.6 Å². The molecule has 0 aliphatic rings. The van der Waals surface area contributed by atoms with E-state index < -0.39 is 0 Å². The van der Waals surface area contributed by atoms with Gasteiger partial charge in [0.25, 0.3) is 0 Å². The number of carbonyl (C=O) groups is 1. The van der Waals surface area contributed by atoms with Gasteiger partial charge in [-0.2, -0.15) is 0 Å². The Morgan fingerprint density at radius 2 is 2.18 bits per heavy atom. The third-order valence-corrected chi connectivity index (χ3v) is 1.11. The van der Waals surface area contributed by atoms with E-state index in [1.54, 1.807) is 0 Å². The predicted molar refractivity (Wildman–Crippen MR) is 45.0 cm³/mol. The van der Waals surface area contributed by atoms with E-state index in [1.165, 1.54) is 0 Å². The van der Waals surface area contributed by atoms with Crippen LogP contribution in [0.3, 0.4) is 0 Å². The lowest BCUT2D eigenvalue weighted by Crippen LogP contribution is -2.05. The molecule has 2 nitrogen and oxygen atoms in total. The maximum absolute atomic E-state index is 10.8. The number of hydrogen-bond acceptors (Lipinski definition) is 2. The molecule has 0 aromatic heterocycles. The van der Waals surface area contributed by atoms with Gasteiger partial charge in [0.1, 0.15) is 6.61 Å². The van der Waals surface area contributed by atoms with Gasteiger partial charge in [-0.3, -0.25) is 4.79 Å². The third-order valence-electron chi connectivity index (χ3n) is 1.11. The second kappa shape index (κ2) is 5.96. The summed E-state index contributed by atoms with van der Waals surface area (Å²) < 4.78 is 4.84. The number of rotatable bonds is 5. The highest BCUT2D eigenvalue weighted by Gasteiger charge is 2.00. The summed E-state index contributed by atoms with van der Waals surface area (Å²) in [5, 5.41) is 0. The Hall–Kier alpha value is -0.790. The Labute approximate surface area is 68.2 Å². The van der Waals surface area contributed by atoms with Crippen LogP contribution < -0.4 is 0 Å². The smallest absolute Gasteiger partial charge is 0.306 e. The van der Waals surface area contributed by atoms with Gasteiger partial charge in [-0.05, 0) is 18.9 Å². The van der Waals surface area contributed by atoms with Crippen LogP contribution >= 0.6 is 0 Å². The molecule has 0 fully saturated rings. The summed E-state index contributed by atoms with van der Waals surface area (Å²) in [6.07, 6.45) is 2.05. The first kappa shape index (κ1) is 10.2. The molecule has 0 saturated heterocycles. The van der Waals surface area contributed by atoms with Crippen LogP contribution in [0.4, 0.5) is 0 Å². The lowest BCUT2D eigenvalue weighted by molar-refractivity contribution is -0.142. The zero-order chi connectivity index (χ0) is 8.69. The minimum atomic E-state index is -0.156. The van der Waals surface area contributed by atoms with Gasteiger partial charge in [0.2, 0.25) is 0 Å². The Bertz CT molecular complexity index is 138. The summed E-state index contributed by atoms with van der Waals surface area (Å²) in [6.45, 7) is 9.42.